The average Bonchev–Trinajstić information content (AvgIpc) is 4.04. The zero-order chi connectivity index (χ0) is 58.0. The van der Waals surface area contributed by atoms with E-state index in [-0.39, 0.29) is 0 Å². The largest absolute Gasteiger partial charge is 0.495 e. The predicted octanol–water partition coefficient (Wildman–Crippen LogP) is 14.0. The monoisotopic (exact) mass is 1120 g/mol. The van der Waals surface area contributed by atoms with Crippen molar-refractivity contribution in [2.75, 3.05) is 39.6 Å². The van der Waals surface area contributed by atoms with Crippen LogP contribution in [0.3, 0.4) is 0 Å². The van der Waals surface area contributed by atoms with Gasteiger partial charge >= 0.3 is 21.4 Å². The molecule has 7 rings (SSSR count). The summed E-state index contributed by atoms with van der Waals surface area (Å²) >= 11 is 0. The van der Waals surface area contributed by atoms with E-state index in [9.17, 15) is 0 Å². The van der Waals surface area contributed by atoms with Crippen molar-refractivity contribution in [1.29, 1.82) is 0 Å². The SMILES string of the molecule is CC1(C)OB(c2cc3cc(c2)OCCCC/C=C/CCCCOc2cc(cc(B4OC(C)(C)C(C)(C)O4)c2)OCCCC/C=C/CCCCOc2cc(cc(B4OC(C)(C)C(C)(C)O4)c2)OCCCC/C=C/CCCCO3)OC1(C)C. The van der Waals surface area contributed by atoms with Gasteiger partial charge in [0.1, 0.15) is 34.5 Å². The van der Waals surface area contributed by atoms with Crippen LogP contribution >= 0.6 is 0 Å². The molecular formula is C66H99B3O12. The van der Waals surface area contributed by atoms with Crippen LogP contribution in [0.4, 0.5) is 0 Å². The molecule has 4 aliphatic heterocycles. The summed E-state index contributed by atoms with van der Waals surface area (Å²) in [4.78, 5) is 0. The van der Waals surface area contributed by atoms with Crippen LogP contribution in [0.25, 0.3) is 0 Å². The maximum absolute atomic E-state index is 6.45. The lowest BCUT2D eigenvalue weighted by atomic mass is 9.79. The van der Waals surface area contributed by atoms with Gasteiger partial charge in [0.2, 0.25) is 0 Å². The molecule has 0 spiro atoms. The molecule has 81 heavy (non-hydrogen) atoms. The number of hydrogen-bond acceptors (Lipinski definition) is 12. The Morgan fingerprint density at radius 3 is 0.556 bits per heavy atom. The van der Waals surface area contributed by atoms with Gasteiger partial charge in [-0.05, 0) is 251 Å². The van der Waals surface area contributed by atoms with Gasteiger partial charge in [0.25, 0.3) is 0 Å². The lowest BCUT2D eigenvalue weighted by molar-refractivity contribution is 0.00578. The summed E-state index contributed by atoms with van der Waals surface area (Å²) in [7, 11) is -1.52. The molecule has 4 heterocycles. The third-order valence-corrected chi connectivity index (χ3v) is 17.0. The lowest BCUT2D eigenvalue weighted by Crippen LogP contribution is -2.41. The van der Waals surface area contributed by atoms with E-state index in [2.05, 4.69) is 120 Å². The first-order chi connectivity index (χ1) is 38.6. The van der Waals surface area contributed by atoms with Gasteiger partial charge < -0.3 is 56.3 Å². The first-order valence-electron chi connectivity index (χ1n) is 30.9. The molecule has 4 aliphatic rings. The van der Waals surface area contributed by atoms with Crippen LogP contribution in [0.1, 0.15) is 199 Å². The van der Waals surface area contributed by atoms with E-state index in [4.69, 9.17) is 56.3 Å². The van der Waals surface area contributed by atoms with Crippen LogP contribution in [-0.2, 0) is 27.9 Å². The zero-order valence-corrected chi connectivity index (χ0v) is 51.8. The van der Waals surface area contributed by atoms with Gasteiger partial charge in [-0.25, -0.2) is 0 Å². The fraction of sp³-hybridized carbons (Fsp3) is 0.636. The highest BCUT2D eigenvalue weighted by atomic mass is 16.7. The van der Waals surface area contributed by atoms with Crippen LogP contribution in [0.5, 0.6) is 34.5 Å². The average molecular weight is 1120 g/mol. The third kappa shape index (κ3) is 19.3. The molecule has 3 aromatic carbocycles. The first-order valence-corrected chi connectivity index (χ1v) is 30.9. The standard InChI is InChI=1S/C66H99B3O12/c1-61(2)62(3,4)77-67(76-61)52-43-55-49-56(44-52)71-38-32-26-20-14-16-22-28-34-40-73-58-46-54(69-80-65(9,10)66(11,12)81-69)48-60(51-58)75-42-36-30-24-18-17-23-29-35-41-74-59-47-53(68-78-63(5,6)64(7,8)79-68)45-57(50-59)72-39-33-27-21-15-13-19-25-31-37-70-55/h13-18,43-51H,19-42H2,1-12H3/b15-13+,16-14+,18-17+. The number of rotatable bonds is 3. The van der Waals surface area contributed by atoms with Crippen molar-refractivity contribution in [3.63, 3.8) is 0 Å². The van der Waals surface area contributed by atoms with Crippen LogP contribution in [0.15, 0.2) is 91.1 Å². The van der Waals surface area contributed by atoms with E-state index in [1.54, 1.807) is 0 Å². The van der Waals surface area contributed by atoms with Crippen LogP contribution in [-0.4, -0.2) is 94.6 Å². The highest BCUT2D eigenvalue weighted by Crippen LogP contribution is 2.40. The third-order valence-electron chi connectivity index (χ3n) is 17.0. The minimum atomic E-state index is -0.508. The normalized spacial score (nSPS) is 24.2. The van der Waals surface area contributed by atoms with Crippen molar-refractivity contribution in [3.8, 4) is 34.5 Å². The number of ether oxygens (including phenoxy) is 6. The molecule has 0 saturated carbocycles. The van der Waals surface area contributed by atoms with Gasteiger partial charge in [0, 0.05) is 18.2 Å². The Labute approximate surface area is 489 Å². The highest BCUT2D eigenvalue weighted by Gasteiger charge is 2.54. The molecule has 0 amide bonds. The smallest absolute Gasteiger partial charge is 0.493 e. The van der Waals surface area contributed by atoms with E-state index in [0.717, 1.165) is 166 Å². The summed E-state index contributed by atoms with van der Waals surface area (Å²) in [6, 6.07) is 18.2. The zero-order valence-electron chi connectivity index (χ0n) is 51.8. The summed E-state index contributed by atoms with van der Waals surface area (Å²) < 4.78 is 76.8. The van der Waals surface area contributed by atoms with Crippen molar-refractivity contribution < 1.29 is 56.3 Å². The summed E-state index contributed by atoms with van der Waals surface area (Å²) in [6.07, 6.45) is 31.7. The predicted molar refractivity (Wildman–Crippen MR) is 330 cm³/mol. The Bertz CT molecular complexity index is 2080. The van der Waals surface area contributed by atoms with Crippen molar-refractivity contribution in [2.45, 2.75) is 232 Å². The minimum Gasteiger partial charge on any atom is -0.493 e. The van der Waals surface area contributed by atoms with Crippen molar-refractivity contribution in [3.05, 3.63) is 91.1 Å². The van der Waals surface area contributed by atoms with E-state index in [1.165, 1.54) is 0 Å². The molecule has 12 nitrogen and oxygen atoms in total. The minimum absolute atomic E-state index is 0.453. The van der Waals surface area contributed by atoms with E-state index >= 15 is 0 Å². The Balaban J connectivity index is 0.951. The van der Waals surface area contributed by atoms with Crippen LogP contribution in [0.2, 0.25) is 0 Å². The van der Waals surface area contributed by atoms with Crippen molar-refractivity contribution in [1.82, 2.24) is 0 Å². The summed E-state index contributed by atoms with van der Waals surface area (Å²) in [5.41, 5.74) is -0.00596. The Morgan fingerprint density at radius 2 is 0.395 bits per heavy atom. The van der Waals surface area contributed by atoms with Gasteiger partial charge in [-0.1, -0.05) is 36.5 Å². The number of fused-ring (bicyclic) bond motifs is 6. The second-order valence-corrected chi connectivity index (χ2v) is 25.5. The van der Waals surface area contributed by atoms with E-state index in [0.29, 0.717) is 39.6 Å². The van der Waals surface area contributed by atoms with Crippen LogP contribution < -0.4 is 44.8 Å². The fourth-order valence-electron chi connectivity index (χ4n) is 9.66. The van der Waals surface area contributed by atoms with Crippen molar-refractivity contribution >= 4 is 37.7 Å². The Hall–Kier alpha value is -4.37. The van der Waals surface area contributed by atoms with E-state index in [1.807, 2.05) is 54.6 Å². The van der Waals surface area contributed by atoms with Gasteiger partial charge in [0.05, 0.1) is 73.2 Å². The van der Waals surface area contributed by atoms with Crippen LogP contribution in [0, 0.1) is 0 Å². The number of benzene rings is 3. The fourth-order valence-corrected chi connectivity index (χ4v) is 9.66. The first kappa shape index (κ1) is 64.2. The lowest BCUT2D eigenvalue weighted by Gasteiger charge is -2.32. The van der Waals surface area contributed by atoms with Gasteiger partial charge in [-0.15, -0.1) is 0 Å². The summed E-state index contributed by atoms with van der Waals surface area (Å²) in [5, 5.41) is 0. The molecule has 3 fully saturated rings. The summed E-state index contributed by atoms with van der Waals surface area (Å²) in [6.45, 7) is 28.6. The molecule has 0 N–H and O–H groups in total. The van der Waals surface area contributed by atoms with Gasteiger partial charge in [-0.2, -0.15) is 0 Å². The Kier molecular flexibility index (Phi) is 23.7. The van der Waals surface area contributed by atoms with Gasteiger partial charge in [0.15, 0.2) is 0 Å². The molecule has 0 aromatic heterocycles. The number of hydrogen-bond donors (Lipinski definition) is 0. The molecule has 0 atom stereocenters. The van der Waals surface area contributed by atoms with Gasteiger partial charge in [-0.3, -0.25) is 0 Å². The van der Waals surface area contributed by atoms with E-state index < -0.39 is 55.0 Å². The molecule has 0 aliphatic carbocycles. The molecular weight excluding hydrogens is 1020 g/mol. The summed E-state index contributed by atoms with van der Waals surface area (Å²) in [5.74, 6) is 4.61. The Morgan fingerprint density at radius 1 is 0.235 bits per heavy atom. The quantitative estimate of drug-likeness (QED) is 0.184. The maximum Gasteiger partial charge on any atom is 0.495 e. The number of allylic oxidation sites excluding steroid dienone is 6. The second-order valence-electron chi connectivity index (χ2n) is 25.5. The molecule has 444 valence electrons. The van der Waals surface area contributed by atoms with Crippen molar-refractivity contribution in [2.24, 2.45) is 0 Å². The molecule has 0 radical (unpaired) electrons. The molecule has 3 aromatic rings. The molecule has 0 unspecified atom stereocenters. The maximum atomic E-state index is 6.45. The topological polar surface area (TPSA) is 111 Å². The molecule has 15 heteroatoms. The highest BCUT2D eigenvalue weighted by molar-refractivity contribution is 6.63. The molecule has 3 saturated heterocycles. The molecule has 6 bridgehead atoms. The second kappa shape index (κ2) is 29.9.